The average molecular weight is 439 g/mol. The van der Waals surface area contributed by atoms with Crippen molar-refractivity contribution < 1.29 is 27.5 Å². The van der Waals surface area contributed by atoms with E-state index in [2.05, 4.69) is 20.3 Å². The van der Waals surface area contributed by atoms with Gasteiger partial charge in [0.2, 0.25) is 11.9 Å². The summed E-state index contributed by atoms with van der Waals surface area (Å²) in [6.45, 7) is 2.44. The molecule has 0 radical (unpaired) electrons. The van der Waals surface area contributed by atoms with Crippen molar-refractivity contribution in [1.29, 1.82) is 0 Å². The van der Waals surface area contributed by atoms with Gasteiger partial charge in [0, 0.05) is 43.4 Å². The van der Waals surface area contributed by atoms with Gasteiger partial charge in [-0.25, -0.2) is 19.7 Å². The van der Waals surface area contributed by atoms with Crippen LogP contribution in [0.15, 0.2) is 30.7 Å². The van der Waals surface area contributed by atoms with Crippen molar-refractivity contribution in [2.45, 2.75) is 19.2 Å². The smallest absolute Gasteiger partial charge is 0.419 e. The number of amides is 2. The number of aromatic nitrogens is 3. The molecule has 1 fully saturated rings. The molecule has 1 atom stereocenters. The minimum atomic E-state index is -4.53. The Kier molecular flexibility index (Phi) is 6.42. The van der Waals surface area contributed by atoms with Gasteiger partial charge in [0.15, 0.2) is 0 Å². The lowest BCUT2D eigenvalue weighted by atomic mass is 10.2. The number of anilines is 3. The number of carbonyl (C=O) groups is 2. The molecule has 3 N–H and O–H groups in total. The minimum absolute atomic E-state index is 0.0489. The second-order valence-corrected chi connectivity index (χ2v) is 6.77. The number of hydrogen-bond acceptors (Lipinski definition) is 8. The molecule has 1 aliphatic rings. The van der Waals surface area contributed by atoms with E-state index >= 15 is 0 Å². The van der Waals surface area contributed by atoms with Crippen LogP contribution >= 0.6 is 0 Å². The monoisotopic (exact) mass is 439 g/mol. The van der Waals surface area contributed by atoms with Crippen molar-refractivity contribution in [3.05, 3.63) is 36.3 Å². The van der Waals surface area contributed by atoms with Gasteiger partial charge in [0.25, 0.3) is 0 Å². The van der Waals surface area contributed by atoms with Crippen LogP contribution in [0.4, 0.5) is 35.4 Å². The van der Waals surface area contributed by atoms with Gasteiger partial charge in [-0.05, 0) is 13.0 Å². The highest BCUT2D eigenvalue weighted by Crippen LogP contribution is 2.28. The molecule has 1 saturated heterocycles. The lowest BCUT2D eigenvalue weighted by Crippen LogP contribution is -2.51. The molecule has 0 aliphatic carbocycles. The number of nitrogens with two attached hydrogens (primary N) is 1. The standard InChI is InChI=1S/C18H20F3N7O3/c1-11(31-16(22)30)7-24-13-2-3-23-14(6-13)28-5-4-27(10-15(28)29)17-25-8-12(9-26-17)18(19,20)21/h2-3,6,8-9,11H,4-5,7,10H2,1H3,(H2,22,30)(H,23,24). The summed E-state index contributed by atoms with van der Waals surface area (Å²) in [6, 6.07) is 3.36. The number of carbonyl (C=O) groups excluding carboxylic acids is 2. The predicted molar refractivity (Wildman–Crippen MR) is 104 cm³/mol. The third kappa shape index (κ3) is 5.71. The quantitative estimate of drug-likeness (QED) is 0.696. The summed E-state index contributed by atoms with van der Waals surface area (Å²) in [5.41, 5.74) is 4.68. The van der Waals surface area contributed by atoms with Gasteiger partial charge in [0.05, 0.1) is 12.1 Å². The average Bonchev–Trinajstić information content (AvgIpc) is 2.71. The lowest BCUT2D eigenvalue weighted by Gasteiger charge is -2.33. The Labute approximate surface area is 175 Å². The maximum absolute atomic E-state index is 12.7. The first-order valence-electron chi connectivity index (χ1n) is 9.24. The first-order valence-corrected chi connectivity index (χ1v) is 9.24. The first-order chi connectivity index (χ1) is 14.6. The molecule has 3 rings (SSSR count). The van der Waals surface area contributed by atoms with Crippen molar-refractivity contribution in [2.24, 2.45) is 5.73 Å². The molecule has 2 amide bonds. The molecule has 10 nitrogen and oxygen atoms in total. The number of piperazine rings is 1. The highest BCUT2D eigenvalue weighted by Gasteiger charge is 2.32. The van der Waals surface area contributed by atoms with Crippen LogP contribution in [0.1, 0.15) is 12.5 Å². The second kappa shape index (κ2) is 9.02. The van der Waals surface area contributed by atoms with Crippen molar-refractivity contribution in [1.82, 2.24) is 15.0 Å². The molecule has 31 heavy (non-hydrogen) atoms. The summed E-state index contributed by atoms with van der Waals surface area (Å²) >= 11 is 0. The first kappa shape index (κ1) is 22.1. The summed E-state index contributed by atoms with van der Waals surface area (Å²) in [4.78, 5) is 38.0. The molecule has 0 aromatic carbocycles. The molecular formula is C18H20F3N7O3. The van der Waals surface area contributed by atoms with Crippen LogP contribution in [0.2, 0.25) is 0 Å². The van der Waals surface area contributed by atoms with Gasteiger partial charge in [-0.2, -0.15) is 13.2 Å². The number of halogens is 3. The van der Waals surface area contributed by atoms with E-state index in [4.69, 9.17) is 10.5 Å². The van der Waals surface area contributed by atoms with Crippen LogP contribution in [0.3, 0.4) is 0 Å². The van der Waals surface area contributed by atoms with E-state index in [0.717, 1.165) is 0 Å². The van der Waals surface area contributed by atoms with Crippen LogP contribution in [0.25, 0.3) is 0 Å². The zero-order valence-electron chi connectivity index (χ0n) is 16.5. The van der Waals surface area contributed by atoms with Crippen molar-refractivity contribution in [2.75, 3.05) is 41.3 Å². The van der Waals surface area contributed by atoms with Gasteiger partial charge in [0.1, 0.15) is 18.5 Å². The Hall–Kier alpha value is -3.64. The number of pyridine rings is 1. The number of rotatable bonds is 6. The molecule has 13 heteroatoms. The summed E-state index contributed by atoms with van der Waals surface area (Å²) < 4.78 is 42.8. The number of nitrogens with one attached hydrogen (secondary N) is 1. The summed E-state index contributed by atoms with van der Waals surface area (Å²) in [5, 5.41) is 3.06. The summed E-state index contributed by atoms with van der Waals surface area (Å²) in [5.74, 6) is 0.157. The minimum Gasteiger partial charge on any atom is -0.445 e. The molecule has 0 spiro atoms. The Balaban J connectivity index is 1.62. The molecule has 2 aromatic rings. The van der Waals surface area contributed by atoms with E-state index in [0.29, 0.717) is 37.0 Å². The highest BCUT2D eigenvalue weighted by atomic mass is 19.4. The van der Waals surface area contributed by atoms with Crippen LogP contribution in [-0.2, 0) is 15.7 Å². The van der Waals surface area contributed by atoms with Crippen molar-refractivity contribution in [3.63, 3.8) is 0 Å². The van der Waals surface area contributed by atoms with Gasteiger partial charge in [-0.3, -0.25) is 9.69 Å². The number of ether oxygens (including phenoxy) is 1. The third-order valence-corrected chi connectivity index (χ3v) is 4.40. The van der Waals surface area contributed by atoms with E-state index in [1.807, 2.05) is 0 Å². The number of primary amides is 1. The van der Waals surface area contributed by atoms with Crippen LogP contribution < -0.4 is 20.9 Å². The Bertz CT molecular complexity index is 940. The summed E-state index contributed by atoms with van der Waals surface area (Å²) in [7, 11) is 0. The van der Waals surface area contributed by atoms with E-state index in [-0.39, 0.29) is 24.9 Å². The number of alkyl halides is 3. The maximum atomic E-state index is 12.7. The molecule has 0 bridgehead atoms. The van der Waals surface area contributed by atoms with Crippen LogP contribution in [0.5, 0.6) is 0 Å². The fraction of sp³-hybridized carbons (Fsp3) is 0.389. The van der Waals surface area contributed by atoms with Crippen LogP contribution in [0, 0.1) is 0 Å². The summed E-state index contributed by atoms with van der Waals surface area (Å²) in [6.07, 6.45) is -2.94. The molecule has 1 aliphatic heterocycles. The molecule has 3 heterocycles. The largest absolute Gasteiger partial charge is 0.445 e. The van der Waals surface area contributed by atoms with E-state index in [9.17, 15) is 22.8 Å². The van der Waals surface area contributed by atoms with Gasteiger partial charge >= 0.3 is 12.3 Å². The van der Waals surface area contributed by atoms with Crippen molar-refractivity contribution >= 4 is 29.5 Å². The number of hydrogen-bond donors (Lipinski definition) is 2. The molecule has 1 unspecified atom stereocenters. The molecular weight excluding hydrogens is 419 g/mol. The SMILES string of the molecule is CC(CNc1ccnc(N2CCN(c3ncc(C(F)(F)F)cn3)CC2=O)c1)OC(N)=O. The third-order valence-electron chi connectivity index (χ3n) is 4.40. The van der Waals surface area contributed by atoms with Crippen molar-refractivity contribution in [3.8, 4) is 0 Å². The lowest BCUT2D eigenvalue weighted by molar-refractivity contribution is -0.138. The Morgan fingerprint density at radius 1 is 1.29 bits per heavy atom. The van der Waals surface area contributed by atoms with E-state index in [1.54, 1.807) is 19.1 Å². The zero-order chi connectivity index (χ0) is 22.6. The van der Waals surface area contributed by atoms with Gasteiger partial charge in [-0.1, -0.05) is 0 Å². The van der Waals surface area contributed by atoms with Gasteiger partial charge < -0.3 is 20.7 Å². The predicted octanol–water partition coefficient (Wildman–Crippen LogP) is 1.64. The normalized spacial score (nSPS) is 15.5. The molecule has 2 aromatic heterocycles. The maximum Gasteiger partial charge on any atom is 0.419 e. The van der Waals surface area contributed by atoms with Gasteiger partial charge in [-0.15, -0.1) is 0 Å². The Morgan fingerprint density at radius 2 is 2.00 bits per heavy atom. The van der Waals surface area contributed by atoms with E-state index < -0.39 is 23.9 Å². The fourth-order valence-corrected chi connectivity index (χ4v) is 2.89. The zero-order valence-corrected chi connectivity index (χ0v) is 16.5. The highest BCUT2D eigenvalue weighted by molar-refractivity contribution is 5.97. The topological polar surface area (TPSA) is 127 Å². The molecule has 0 saturated carbocycles. The molecule has 166 valence electrons. The second-order valence-electron chi connectivity index (χ2n) is 6.77. The van der Waals surface area contributed by atoms with Crippen LogP contribution in [-0.4, -0.2) is 59.2 Å². The number of nitrogens with zero attached hydrogens (tertiary/aromatic N) is 5. The fourth-order valence-electron chi connectivity index (χ4n) is 2.89. The van der Waals surface area contributed by atoms with E-state index in [1.165, 1.54) is 16.0 Å². The Morgan fingerprint density at radius 3 is 2.61 bits per heavy atom.